The van der Waals surface area contributed by atoms with Gasteiger partial charge in [0.15, 0.2) is 5.82 Å². The van der Waals surface area contributed by atoms with E-state index in [9.17, 15) is 4.79 Å². The van der Waals surface area contributed by atoms with Crippen molar-refractivity contribution in [2.75, 3.05) is 18.0 Å². The van der Waals surface area contributed by atoms with E-state index in [-0.39, 0.29) is 17.9 Å². The topological polar surface area (TPSA) is 58.1 Å². The first-order valence-corrected chi connectivity index (χ1v) is 10.5. The van der Waals surface area contributed by atoms with Crippen molar-refractivity contribution in [3.05, 3.63) is 42.2 Å². The van der Waals surface area contributed by atoms with Crippen LogP contribution >= 0.6 is 11.8 Å². The molecular formula is C21H28N4OS. The van der Waals surface area contributed by atoms with Gasteiger partial charge in [0.25, 0.3) is 0 Å². The van der Waals surface area contributed by atoms with Gasteiger partial charge in [0.2, 0.25) is 5.91 Å². The number of amides is 1. The fourth-order valence-electron chi connectivity index (χ4n) is 3.24. The molecule has 0 saturated carbocycles. The molecule has 1 amide bonds. The second-order valence-electron chi connectivity index (χ2n) is 7.21. The maximum Gasteiger partial charge on any atom is 0.225 e. The number of anilines is 1. The number of carbonyl (C=O) groups excluding carboxylic acids is 1. The van der Waals surface area contributed by atoms with Crippen LogP contribution in [0.5, 0.6) is 0 Å². The zero-order chi connectivity index (χ0) is 19.2. The summed E-state index contributed by atoms with van der Waals surface area (Å²) in [6, 6.07) is 8.62. The molecule has 3 rings (SSSR count). The van der Waals surface area contributed by atoms with Crippen molar-refractivity contribution in [3.8, 4) is 0 Å². The van der Waals surface area contributed by atoms with Crippen LogP contribution in [0.2, 0.25) is 0 Å². The van der Waals surface area contributed by atoms with Crippen molar-refractivity contribution < 1.29 is 4.79 Å². The Hall–Kier alpha value is -2.08. The van der Waals surface area contributed by atoms with Gasteiger partial charge >= 0.3 is 0 Å². The second kappa shape index (κ2) is 9.22. The Morgan fingerprint density at radius 1 is 1.37 bits per heavy atom. The minimum absolute atomic E-state index is 0.00609. The summed E-state index contributed by atoms with van der Waals surface area (Å²) in [4.78, 5) is 25.1. The largest absolute Gasteiger partial charge is 0.354 e. The molecule has 1 saturated heterocycles. The molecule has 0 aliphatic carbocycles. The molecule has 5 nitrogen and oxygen atoms in total. The van der Waals surface area contributed by atoms with E-state index in [2.05, 4.69) is 65.2 Å². The molecule has 0 spiro atoms. The number of aromatic nitrogens is 2. The molecule has 1 fully saturated rings. The third-order valence-electron chi connectivity index (χ3n) is 4.94. The van der Waals surface area contributed by atoms with Crippen molar-refractivity contribution in [2.24, 2.45) is 5.92 Å². The molecule has 1 aliphatic heterocycles. The first-order valence-electron chi connectivity index (χ1n) is 9.67. The highest BCUT2D eigenvalue weighted by atomic mass is 32.2. The fraction of sp³-hybridized carbons (Fsp3) is 0.476. The van der Waals surface area contributed by atoms with Crippen LogP contribution in [-0.2, 0) is 4.79 Å². The lowest BCUT2D eigenvalue weighted by molar-refractivity contribution is -0.125. The summed E-state index contributed by atoms with van der Waals surface area (Å²) in [6.07, 6.45) is 6.34. The lowest BCUT2D eigenvalue weighted by Gasteiger charge is -2.33. The predicted octanol–water partition coefficient (Wildman–Crippen LogP) is 4.07. The van der Waals surface area contributed by atoms with Crippen molar-refractivity contribution in [2.45, 2.75) is 56.0 Å². The van der Waals surface area contributed by atoms with E-state index in [0.717, 1.165) is 41.5 Å². The predicted molar refractivity (Wildman–Crippen MR) is 110 cm³/mol. The number of rotatable bonds is 6. The van der Waals surface area contributed by atoms with Gasteiger partial charge in [0.05, 0.1) is 5.92 Å². The maximum atomic E-state index is 12.6. The molecule has 1 aromatic heterocycles. The second-order valence-corrected chi connectivity index (χ2v) is 8.27. The average molecular weight is 385 g/mol. The third kappa shape index (κ3) is 5.22. The van der Waals surface area contributed by atoms with Gasteiger partial charge in [-0.2, -0.15) is 0 Å². The highest BCUT2D eigenvalue weighted by molar-refractivity contribution is 7.99. The van der Waals surface area contributed by atoms with Gasteiger partial charge in [-0.15, -0.1) is 0 Å². The number of benzene rings is 1. The number of piperidine rings is 1. The monoisotopic (exact) mass is 384 g/mol. The van der Waals surface area contributed by atoms with E-state index in [1.54, 1.807) is 24.2 Å². The first-order chi connectivity index (χ1) is 13.1. The fourth-order valence-corrected chi connectivity index (χ4v) is 4.24. The minimum atomic E-state index is 0.00609. The van der Waals surface area contributed by atoms with Gasteiger partial charge in [-0.3, -0.25) is 4.79 Å². The zero-order valence-electron chi connectivity index (χ0n) is 16.3. The Labute approximate surface area is 166 Å². The van der Waals surface area contributed by atoms with Crippen molar-refractivity contribution >= 4 is 23.5 Å². The molecule has 27 heavy (non-hydrogen) atoms. The summed E-state index contributed by atoms with van der Waals surface area (Å²) >= 11 is 1.63. The molecule has 2 atom stereocenters. The van der Waals surface area contributed by atoms with Crippen LogP contribution in [0.3, 0.4) is 0 Å². The van der Waals surface area contributed by atoms with Crippen LogP contribution in [0.15, 0.2) is 46.6 Å². The van der Waals surface area contributed by atoms with Crippen LogP contribution in [0.25, 0.3) is 0 Å². The normalized spacial score (nSPS) is 18.2. The van der Waals surface area contributed by atoms with Crippen LogP contribution < -0.4 is 10.2 Å². The highest BCUT2D eigenvalue weighted by Crippen LogP contribution is 2.34. The maximum absolute atomic E-state index is 12.6. The highest BCUT2D eigenvalue weighted by Gasteiger charge is 2.28. The Morgan fingerprint density at radius 2 is 2.19 bits per heavy atom. The Kier molecular flexibility index (Phi) is 6.72. The number of carbonyl (C=O) groups is 1. The van der Waals surface area contributed by atoms with Gasteiger partial charge in [-0.05, 0) is 45.2 Å². The van der Waals surface area contributed by atoms with Crippen molar-refractivity contribution in [1.82, 2.24) is 15.3 Å². The SMILES string of the molecule is CCC(C)NC(=O)C1CCCN(c2nccnc2Sc2cccc(C)c2)C1. The lowest BCUT2D eigenvalue weighted by Crippen LogP contribution is -2.45. The summed E-state index contributed by atoms with van der Waals surface area (Å²) in [5, 5.41) is 4.02. The van der Waals surface area contributed by atoms with Gasteiger partial charge in [-0.25, -0.2) is 9.97 Å². The number of nitrogens with one attached hydrogen (secondary N) is 1. The zero-order valence-corrected chi connectivity index (χ0v) is 17.1. The number of aryl methyl sites for hydroxylation is 1. The number of hydrogen-bond donors (Lipinski definition) is 1. The molecule has 2 unspecified atom stereocenters. The van der Waals surface area contributed by atoms with E-state index >= 15 is 0 Å². The molecule has 1 N–H and O–H groups in total. The molecular weight excluding hydrogens is 356 g/mol. The molecule has 1 aromatic carbocycles. The van der Waals surface area contributed by atoms with Crippen LogP contribution in [0.1, 0.15) is 38.7 Å². The number of hydrogen-bond acceptors (Lipinski definition) is 5. The Balaban J connectivity index is 1.75. The molecule has 2 heterocycles. The third-order valence-corrected chi connectivity index (χ3v) is 5.91. The Morgan fingerprint density at radius 3 is 2.96 bits per heavy atom. The standard InChI is InChI=1S/C21H28N4OS/c1-4-16(3)24-20(26)17-8-6-12-25(14-17)19-21(23-11-10-22-19)27-18-9-5-7-15(2)13-18/h5,7,9-11,13,16-17H,4,6,8,12,14H2,1-3H3,(H,24,26). The van der Waals surface area contributed by atoms with Gasteiger partial charge in [0.1, 0.15) is 5.03 Å². The van der Waals surface area contributed by atoms with Gasteiger partial charge in [-0.1, -0.05) is 36.4 Å². The molecule has 1 aliphatic rings. The van der Waals surface area contributed by atoms with E-state index in [1.807, 2.05) is 0 Å². The van der Waals surface area contributed by atoms with E-state index in [0.29, 0.717) is 6.54 Å². The van der Waals surface area contributed by atoms with Crippen LogP contribution in [0.4, 0.5) is 5.82 Å². The van der Waals surface area contributed by atoms with Gasteiger partial charge < -0.3 is 10.2 Å². The summed E-state index contributed by atoms with van der Waals surface area (Å²) in [5.41, 5.74) is 1.23. The summed E-state index contributed by atoms with van der Waals surface area (Å²) in [7, 11) is 0. The van der Waals surface area contributed by atoms with Crippen molar-refractivity contribution in [1.29, 1.82) is 0 Å². The smallest absolute Gasteiger partial charge is 0.225 e. The average Bonchev–Trinajstić information content (AvgIpc) is 2.68. The lowest BCUT2D eigenvalue weighted by atomic mass is 9.96. The summed E-state index contributed by atoms with van der Waals surface area (Å²) < 4.78 is 0. The van der Waals surface area contributed by atoms with Crippen LogP contribution in [0, 0.1) is 12.8 Å². The van der Waals surface area contributed by atoms with E-state index < -0.39 is 0 Å². The number of nitrogens with zero attached hydrogens (tertiary/aromatic N) is 3. The summed E-state index contributed by atoms with van der Waals surface area (Å²) in [5.74, 6) is 1.04. The van der Waals surface area contributed by atoms with E-state index in [4.69, 9.17) is 0 Å². The Bertz CT molecular complexity index is 782. The quantitative estimate of drug-likeness (QED) is 0.814. The molecule has 2 aromatic rings. The van der Waals surface area contributed by atoms with Gasteiger partial charge in [0, 0.05) is 36.4 Å². The van der Waals surface area contributed by atoms with Crippen molar-refractivity contribution in [3.63, 3.8) is 0 Å². The molecule has 144 valence electrons. The van der Waals surface area contributed by atoms with Crippen LogP contribution in [-0.4, -0.2) is 35.0 Å². The first kappa shape index (κ1) is 19.7. The molecule has 0 bridgehead atoms. The summed E-state index contributed by atoms with van der Waals surface area (Å²) in [6.45, 7) is 7.84. The molecule has 0 radical (unpaired) electrons. The molecule has 6 heteroatoms. The van der Waals surface area contributed by atoms with E-state index in [1.165, 1.54) is 5.56 Å². The minimum Gasteiger partial charge on any atom is -0.354 e.